The van der Waals surface area contributed by atoms with Crippen LogP contribution < -0.4 is 14.4 Å². The Morgan fingerprint density at radius 3 is 2.24 bits per heavy atom. The molecule has 3 aromatic rings. The molecule has 0 spiro atoms. The number of ether oxygens (including phenoxy) is 1. The Bertz CT molecular complexity index is 1470. The summed E-state index contributed by atoms with van der Waals surface area (Å²) >= 11 is 6.37. The molecule has 0 aliphatic heterocycles. The molecule has 3 rings (SSSR count). The molecule has 0 unspecified atom stereocenters. The van der Waals surface area contributed by atoms with Crippen molar-refractivity contribution in [2.75, 3.05) is 18.0 Å². The molecule has 2 amide bonds. The van der Waals surface area contributed by atoms with Crippen LogP contribution in [0.3, 0.4) is 0 Å². The summed E-state index contributed by atoms with van der Waals surface area (Å²) < 4.78 is 34.1. The first-order chi connectivity index (χ1) is 19.3. The normalized spacial score (nSPS) is 12.4. The number of sulfonamides is 1. The molecular weight excluding hydrogens is 562 g/mol. The molecule has 0 radical (unpaired) electrons. The minimum absolute atomic E-state index is 0.0162. The molecule has 10 heteroatoms. The van der Waals surface area contributed by atoms with Crippen molar-refractivity contribution in [2.45, 2.75) is 64.1 Å². The topological polar surface area (TPSA) is 96.0 Å². The lowest BCUT2D eigenvalue weighted by Gasteiger charge is -2.35. The van der Waals surface area contributed by atoms with Gasteiger partial charge in [-0.05, 0) is 70.0 Å². The van der Waals surface area contributed by atoms with E-state index in [0.717, 1.165) is 15.4 Å². The Morgan fingerprint density at radius 2 is 1.68 bits per heavy atom. The zero-order valence-corrected chi connectivity index (χ0v) is 25.9. The monoisotopic (exact) mass is 599 g/mol. The van der Waals surface area contributed by atoms with Gasteiger partial charge in [0.05, 0.1) is 22.7 Å². The summed E-state index contributed by atoms with van der Waals surface area (Å²) in [6.45, 7) is 8.94. The Balaban J connectivity index is 2.10. The smallest absolute Gasteiger partial charge is 0.264 e. The minimum atomic E-state index is -4.19. The number of hydrogen-bond acceptors (Lipinski definition) is 5. The summed E-state index contributed by atoms with van der Waals surface area (Å²) in [7, 11) is -2.74. The van der Waals surface area contributed by atoms with Crippen LogP contribution in [0.1, 0.15) is 45.2 Å². The predicted molar refractivity (Wildman–Crippen MR) is 163 cm³/mol. The van der Waals surface area contributed by atoms with E-state index in [1.807, 2.05) is 58.9 Å². The molecule has 0 fully saturated rings. The fourth-order valence-corrected chi connectivity index (χ4v) is 6.12. The number of nitrogens with one attached hydrogen (secondary N) is 1. The quantitative estimate of drug-likeness (QED) is 0.311. The van der Waals surface area contributed by atoms with E-state index in [2.05, 4.69) is 5.32 Å². The second-order valence-electron chi connectivity index (χ2n) is 10.8. The standard InChI is InChI=1S/C31H38ClN3O5S/c1-7-27(30(37)33-31(3,4)5)34(20-23-13-11-12-22(2)18-23)29(36)21-35(24-16-17-28(40-6)26(32)19-24)41(38,39)25-14-9-8-10-15-25/h8-19,27H,7,20-21H2,1-6H3,(H,33,37)/t27-/m0/s1. The van der Waals surface area contributed by atoms with Crippen molar-refractivity contribution >= 4 is 39.1 Å². The number of anilines is 1. The number of aryl methyl sites for hydroxylation is 1. The molecule has 1 N–H and O–H groups in total. The summed E-state index contributed by atoms with van der Waals surface area (Å²) in [5, 5.41) is 3.16. The minimum Gasteiger partial charge on any atom is -0.495 e. The summed E-state index contributed by atoms with van der Waals surface area (Å²) in [5.41, 5.74) is 1.50. The van der Waals surface area contributed by atoms with Crippen LogP contribution in [-0.4, -0.2) is 50.4 Å². The zero-order chi connectivity index (χ0) is 30.4. The molecule has 3 aromatic carbocycles. The van der Waals surface area contributed by atoms with Crippen LogP contribution in [0.5, 0.6) is 5.75 Å². The van der Waals surface area contributed by atoms with Crippen LogP contribution in [-0.2, 0) is 26.2 Å². The van der Waals surface area contributed by atoms with Crippen molar-refractivity contribution in [3.63, 3.8) is 0 Å². The van der Waals surface area contributed by atoms with Crippen LogP contribution in [0, 0.1) is 6.92 Å². The SMILES string of the molecule is CC[C@@H](C(=O)NC(C)(C)C)N(Cc1cccc(C)c1)C(=O)CN(c1ccc(OC)c(Cl)c1)S(=O)(=O)c1ccccc1. The van der Waals surface area contributed by atoms with Crippen molar-refractivity contribution in [3.8, 4) is 5.75 Å². The second kappa shape index (κ2) is 13.4. The highest BCUT2D eigenvalue weighted by molar-refractivity contribution is 7.92. The van der Waals surface area contributed by atoms with Crippen molar-refractivity contribution in [1.29, 1.82) is 0 Å². The third-order valence-corrected chi connectivity index (χ3v) is 8.44. The molecule has 0 aliphatic rings. The Hall–Kier alpha value is -3.56. The third kappa shape index (κ3) is 8.24. The Labute approximate surface area is 248 Å². The number of nitrogens with zero attached hydrogens (tertiary/aromatic N) is 2. The van der Waals surface area contributed by atoms with E-state index >= 15 is 0 Å². The van der Waals surface area contributed by atoms with Gasteiger partial charge in [0.25, 0.3) is 10.0 Å². The van der Waals surface area contributed by atoms with Gasteiger partial charge in [0.1, 0.15) is 18.3 Å². The fraction of sp³-hybridized carbons (Fsp3) is 0.355. The van der Waals surface area contributed by atoms with E-state index in [9.17, 15) is 18.0 Å². The van der Waals surface area contributed by atoms with E-state index in [1.165, 1.54) is 36.3 Å². The molecule has 0 saturated carbocycles. The molecule has 8 nitrogen and oxygen atoms in total. The number of amides is 2. The van der Waals surface area contributed by atoms with Gasteiger partial charge in [0.15, 0.2) is 0 Å². The number of carbonyl (C=O) groups excluding carboxylic acids is 2. The van der Waals surface area contributed by atoms with Gasteiger partial charge >= 0.3 is 0 Å². The average molecular weight is 600 g/mol. The molecule has 0 heterocycles. The first kappa shape index (κ1) is 32.0. The van der Waals surface area contributed by atoms with Crippen LogP contribution in [0.2, 0.25) is 5.02 Å². The van der Waals surface area contributed by atoms with Crippen molar-refractivity contribution in [1.82, 2.24) is 10.2 Å². The molecule has 0 saturated heterocycles. The zero-order valence-electron chi connectivity index (χ0n) is 24.3. The van der Waals surface area contributed by atoms with Crippen molar-refractivity contribution in [3.05, 3.63) is 88.9 Å². The fourth-order valence-electron chi connectivity index (χ4n) is 4.44. The molecule has 1 atom stereocenters. The Kier molecular flexibility index (Phi) is 10.4. The van der Waals surface area contributed by atoms with E-state index in [1.54, 1.807) is 24.3 Å². The highest BCUT2D eigenvalue weighted by Gasteiger charge is 2.34. The van der Waals surface area contributed by atoms with Gasteiger partial charge in [0, 0.05) is 12.1 Å². The molecule has 0 bridgehead atoms. The maximum absolute atomic E-state index is 14.2. The molecule has 41 heavy (non-hydrogen) atoms. The van der Waals surface area contributed by atoms with Crippen molar-refractivity contribution in [2.24, 2.45) is 0 Å². The van der Waals surface area contributed by atoms with Crippen LogP contribution in [0.4, 0.5) is 5.69 Å². The van der Waals surface area contributed by atoms with E-state index in [0.29, 0.717) is 12.2 Å². The van der Waals surface area contributed by atoms with E-state index in [4.69, 9.17) is 16.3 Å². The largest absolute Gasteiger partial charge is 0.495 e. The average Bonchev–Trinajstić information content (AvgIpc) is 2.91. The van der Waals surface area contributed by atoms with Gasteiger partial charge in [0.2, 0.25) is 11.8 Å². The highest BCUT2D eigenvalue weighted by Crippen LogP contribution is 2.32. The predicted octanol–water partition coefficient (Wildman–Crippen LogP) is 5.57. The molecule has 220 valence electrons. The Morgan fingerprint density at radius 1 is 1.00 bits per heavy atom. The van der Waals surface area contributed by atoms with Gasteiger partial charge in [-0.25, -0.2) is 8.42 Å². The summed E-state index contributed by atoms with van der Waals surface area (Å²) in [4.78, 5) is 29.0. The lowest BCUT2D eigenvalue weighted by molar-refractivity contribution is -0.141. The third-order valence-electron chi connectivity index (χ3n) is 6.35. The maximum atomic E-state index is 14.2. The van der Waals surface area contributed by atoms with Crippen molar-refractivity contribution < 1.29 is 22.7 Å². The number of carbonyl (C=O) groups is 2. The lowest BCUT2D eigenvalue weighted by atomic mass is 10.0. The first-order valence-corrected chi connectivity index (χ1v) is 15.2. The van der Waals surface area contributed by atoms with E-state index in [-0.39, 0.29) is 28.1 Å². The van der Waals surface area contributed by atoms with E-state index < -0.39 is 34.1 Å². The number of rotatable bonds is 11. The summed E-state index contributed by atoms with van der Waals surface area (Å²) in [5.74, 6) is -0.482. The lowest BCUT2D eigenvalue weighted by Crippen LogP contribution is -2.55. The van der Waals surface area contributed by atoms with Crippen LogP contribution in [0.15, 0.2) is 77.7 Å². The summed E-state index contributed by atoms with van der Waals surface area (Å²) in [6, 6.07) is 19.2. The molecular formula is C31H38ClN3O5S. The highest BCUT2D eigenvalue weighted by atomic mass is 35.5. The van der Waals surface area contributed by atoms with Crippen LogP contribution >= 0.6 is 11.6 Å². The molecule has 0 aliphatic carbocycles. The van der Waals surface area contributed by atoms with Gasteiger partial charge in [-0.1, -0.05) is 66.6 Å². The summed E-state index contributed by atoms with van der Waals surface area (Å²) in [6.07, 6.45) is 0.333. The number of halogens is 1. The van der Waals surface area contributed by atoms with Crippen LogP contribution in [0.25, 0.3) is 0 Å². The van der Waals surface area contributed by atoms with Gasteiger partial charge in [-0.3, -0.25) is 13.9 Å². The second-order valence-corrected chi connectivity index (χ2v) is 13.1. The first-order valence-electron chi connectivity index (χ1n) is 13.3. The maximum Gasteiger partial charge on any atom is 0.264 e. The van der Waals surface area contributed by atoms with Gasteiger partial charge < -0.3 is 15.0 Å². The number of methoxy groups -OCH3 is 1. The van der Waals surface area contributed by atoms with Gasteiger partial charge in [-0.2, -0.15) is 0 Å². The van der Waals surface area contributed by atoms with Gasteiger partial charge in [-0.15, -0.1) is 0 Å². The number of hydrogen-bond donors (Lipinski definition) is 1. The number of benzene rings is 3. The molecule has 0 aromatic heterocycles.